The SMILES string of the molecule is COc1cccc(-c2noc(CCCC(=O)N[C@H]3CCCNC3=O)n2)c1. The van der Waals surface area contributed by atoms with E-state index in [-0.39, 0.29) is 11.8 Å². The number of methoxy groups -OCH3 is 1. The van der Waals surface area contributed by atoms with Crippen LogP contribution < -0.4 is 15.4 Å². The molecule has 1 atom stereocenters. The van der Waals surface area contributed by atoms with Gasteiger partial charge in [-0.25, -0.2) is 0 Å². The number of nitrogens with one attached hydrogen (secondary N) is 2. The molecule has 3 rings (SSSR count). The molecular formula is C18H22N4O4. The molecule has 0 spiro atoms. The molecule has 138 valence electrons. The van der Waals surface area contributed by atoms with Crippen molar-refractivity contribution in [3.05, 3.63) is 30.2 Å². The Morgan fingerprint density at radius 1 is 1.46 bits per heavy atom. The minimum atomic E-state index is -0.417. The number of carbonyl (C=O) groups is 2. The molecular weight excluding hydrogens is 336 g/mol. The molecule has 2 aromatic rings. The Bertz CT molecular complexity index is 774. The molecule has 2 heterocycles. The van der Waals surface area contributed by atoms with Crippen molar-refractivity contribution in [1.29, 1.82) is 0 Å². The van der Waals surface area contributed by atoms with Crippen LogP contribution in [0.15, 0.2) is 28.8 Å². The summed E-state index contributed by atoms with van der Waals surface area (Å²) in [4.78, 5) is 28.0. The van der Waals surface area contributed by atoms with Gasteiger partial charge in [0.2, 0.25) is 23.5 Å². The van der Waals surface area contributed by atoms with Gasteiger partial charge >= 0.3 is 0 Å². The molecule has 8 heteroatoms. The molecule has 1 saturated heterocycles. The molecule has 8 nitrogen and oxygen atoms in total. The first-order valence-corrected chi connectivity index (χ1v) is 8.70. The zero-order valence-corrected chi connectivity index (χ0v) is 14.7. The maximum absolute atomic E-state index is 12.0. The average molecular weight is 358 g/mol. The van der Waals surface area contributed by atoms with E-state index in [0.717, 1.165) is 17.7 Å². The number of amides is 2. The van der Waals surface area contributed by atoms with Crippen LogP contribution in [-0.4, -0.2) is 41.7 Å². The molecule has 1 aromatic heterocycles. The quantitative estimate of drug-likeness (QED) is 0.776. The summed E-state index contributed by atoms with van der Waals surface area (Å²) in [5.41, 5.74) is 0.806. The summed E-state index contributed by atoms with van der Waals surface area (Å²) in [5.74, 6) is 1.44. The van der Waals surface area contributed by atoms with Gasteiger partial charge in [0.15, 0.2) is 0 Å². The minimum absolute atomic E-state index is 0.107. The first kappa shape index (κ1) is 17.9. The summed E-state index contributed by atoms with van der Waals surface area (Å²) in [6, 6.07) is 6.99. The fourth-order valence-corrected chi connectivity index (χ4v) is 2.81. The third kappa shape index (κ3) is 4.59. The van der Waals surface area contributed by atoms with Gasteiger partial charge in [0.05, 0.1) is 7.11 Å². The summed E-state index contributed by atoms with van der Waals surface area (Å²) >= 11 is 0. The zero-order valence-electron chi connectivity index (χ0n) is 14.7. The fraction of sp³-hybridized carbons (Fsp3) is 0.444. The van der Waals surface area contributed by atoms with Gasteiger partial charge in [-0.15, -0.1) is 0 Å². The van der Waals surface area contributed by atoms with Crippen molar-refractivity contribution in [2.45, 2.75) is 38.1 Å². The van der Waals surface area contributed by atoms with Gasteiger partial charge in [-0.3, -0.25) is 9.59 Å². The fourth-order valence-electron chi connectivity index (χ4n) is 2.81. The number of benzene rings is 1. The molecule has 0 radical (unpaired) electrons. The molecule has 0 aliphatic carbocycles. The van der Waals surface area contributed by atoms with Crippen LogP contribution in [0.4, 0.5) is 0 Å². The predicted octanol–water partition coefficient (Wildman–Crippen LogP) is 1.46. The Kier molecular flexibility index (Phi) is 5.83. The van der Waals surface area contributed by atoms with E-state index in [4.69, 9.17) is 9.26 Å². The molecule has 0 unspecified atom stereocenters. The Hall–Kier alpha value is -2.90. The van der Waals surface area contributed by atoms with Gasteiger partial charge in [0.25, 0.3) is 0 Å². The van der Waals surface area contributed by atoms with Crippen LogP contribution in [0.3, 0.4) is 0 Å². The lowest BCUT2D eigenvalue weighted by Crippen LogP contribution is -2.50. The van der Waals surface area contributed by atoms with E-state index in [1.54, 1.807) is 7.11 Å². The first-order valence-electron chi connectivity index (χ1n) is 8.70. The second-order valence-electron chi connectivity index (χ2n) is 6.15. The van der Waals surface area contributed by atoms with E-state index in [1.807, 2.05) is 24.3 Å². The van der Waals surface area contributed by atoms with Crippen LogP contribution in [0.25, 0.3) is 11.4 Å². The summed E-state index contributed by atoms with van der Waals surface area (Å²) in [6.45, 7) is 0.679. The number of hydrogen-bond donors (Lipinski definition) is 2. The van der Waals surface area contributed by atoms with E-state index >= 15 is 0 Å². The van der Waals surface area contributed by atoms with E-state index in [0.29, 0.717) is 43.9 Å². The summed E-state index contributed by atoms with van der Waals surface area (Å²) in [6.07, 6.45) is 2.94. The molecule has 0 bridgehead atoms. The molecule has 2 N–H and O–H groups in total. The highest BCUT2D eigenvalue weighted by Crippen LogP contribution is 2.21. The smallest absolute Gasteiger partial charge is 0.242 e. The van der Waals surface area contributed by atoms with Crippen LogP contribution in [0.1, 0.15) is 31.6 Å². The molecule has 26 heavy (non-hydrogen) atoms. The van der Waals surface area contributed by atoms with Gasteiger partial charge in [-0.1, -0.05) is 17.3 Å². The second kappa shape index (κ2) is 8.46. The van der Waals surface area contributed by atoms with Crippen molar-refractivity contribution in [3.63, 3.8) is 0 Å². The number of rotatable bonds is 7. The van der Waals surface area contributed by atoms with Crippen molar-refractivity contribution in [3.8, 4) is 17.1 Å². The zero-order chi connectivity index (χ0) is 18.4. The van der Waals surface area contributed by atoms with Crippen molar-refractivity contribution >= 4 is 11.8 Å². The molecule has 1 aliphatic heterocycles. The standard InChI is InChI=1S/C18H22N4O4/c1-25-13-6-2-5-12(11-13)17-21-16(26-22-17)9-3-8-15(23)20-14-7-4-10-19-18(14)24/h2,5-6,11,14H,3-4,7-10H2,1H3,(H,19,24)(H,20,23)/t14-/m0/s1. The number of aromatic nitrogens is 2. The summed E-state index contributed by atoms with van der Waals surface area (Å²) in [7, 11) is 1.60. The van der Waals surface area contributed by atoms with E-state index in [9.17, 15) is 9.59 Å². The van der Waals surface area contributed by atoms with Gasteiger partial charge in [-0.2, -0.15) is 4.98 Å². The Balaban J connectivity index is 1.47. The highest BCUT2D eigenvalue weighted by atomic mass is 16.5. The molecule has 0 saturated carbocycles. The number of ether oxygens (including phenoxy) is 1. The highest BCUT2D eigenvalue weighted by Gasteiger charge is 2.23. The van der Waals surface area contributed by atoms with E-state index in [1.165, 1.54) is 0 Å². The predicted molar refractivity (Wildman–Crippen MR) is 93.4 cm³/mol. The Labute approximate surface area is 151 Å². The highest BCUT2D eigenvalue weighted by molar-refractivity contribution is 5.88. The van der Waals surface area contributed by atoms with Gasteiger partial charge < -0.3 is 19.9 Å². The molecule has 1 fully saturated rings. The lowest BCUT2D eigenvalue weighted by molar-refractivity contribution is -0.130. The van der Waals surface area contributed by atoms with Crippen LogP contribution in [-0.2, 0) is 16.0 Å². The van der Waals surface area contributed by atoms with Crippen molar-refractivity contribution < 1.29 is 18.8 Å². The second-order valence-corrected chi connectivity index (χ2v) is 6.15. The number of aryl methyl sites for hydroxylation is 1. The lowest BCUT2D eigenvalue weighted by Gasteiger charge is -2.22. The topological polar surface area (TPSA) is 106 Å². The average Bonchev–Trinajstić information content (AvgIpc) is 3.13. The lowest BCUT2D eigenvalue weighted by atomic mass is 10.1. The van der Waals surface area contributed by atoms with Gasteiger partial charge in [0.1, 0.15) is 11.8 Å². The minimum Gasteiger partial charge on any atom is -0.497 e. The molecule has 1 aliphatic rings. The maximum atomic E-state index is 12.0. The largest absolute Gasteiger partial charge is 0.497 e. The van der Waals surface area contributed by atoms with E-state index in [2.05, 4.69) is 20.8 Å². The van der Waals surface area contributed by atoms with E-state index < -0.39 is 6.04 Å². The Morgan fingerprint density at radius 3 is 3.15 bits per heavy atom. The maximum Gasteiger partial charge on any atom is 0.242 e. The van der Waals surface area contributed by atoms with Crippen molar-refractivity contribution in [2.75, 3.05) is 13.7 Å². The first-order chi connectivity index (χ1) is 12.7. The third-order valence-electron chi connectivity index (χ3n) is 4.21. The normalized spacial score (nSPS) is 16.8. The van der Waals surface area contributed by atoms with Crippen LogP contribution in [0.5, 0.6) is 5.75 Å². The number of carbonyl (C=O) groups excluding carboxylic acids is 2. The number of hydrogen-bond acceptors (Lipinski definition) is 6. The van der Waals surface area contributed by atoms with Crippen LogP contribution >= 0.6 is 0 Å². The van der Waals surface area contributed by atoms with Crippen molar-refractivity contribution in [2.24, 2.45) is 0 Å². The van der Waals surface area contributed by atoms with Crippen LogP contribution in [0, 0.1) is 0 Å². The van der Waals surface area contributed by atoms with Gasteiger partial charge in [0, 0.05) is 24.9 Å². The number of nitrogens with zero attached hydrogens (tertiary/aromatic N) is 2. The van der Waals surface area contributed by atoms with Crippen LogP contribution in [0.2, 0.25) is 0 Å². The Morgan fingerprint density at radius 2 is 2.35 bits per heavy atom. The number of piperidine rings is 1. The molecule has 1 aromatic carbocycles. The van der Waals surface area contributed by atoms with Crippen molar-refractivity contribution in [1.82, 2.24) is 20.8 Å². The molecule has 2 amide bonds. The van der Waals surface area contributed by atoms with Gasteiger partial charge in [-0.05, 0) is 31.4 Å². The third-order valence-corrected chi connectivity index (χ3v) is 4.21. The summed E-state index contributed by atoms with van der Waals surface area (Å²) < 4.78 is 10.4. The monoisotopic (exact) mass is 358 g/mol. The summed E-state index contributed by atoms with van der Waals surface area (Å²) in [5, 5.41) is 9.49.